The molecule has 0 aliphatic carbocycles. The number of carbonyl (C=O) groups is 1. The largest absolute Gasteiger partial charge is 0.449 e. The molecule has 1 atom stereocenters. The fourth-order valence-corrected chi connectivity index (χ4v) is 2.55. The zero-order valence-corrected chi connectivity index (χ0v) is 8.32. The van der Waals surface area contributed by atoms with E-state index in [-0.39, 0.29) is 12.1 Å². The first kappa shape index (κ1) is 8.84. The van der Waals surface area contributed by atoms with Gasteiger partial charge in [-0.1, -0.05) is 11.6 Å². The van der Waals surface area contributed by atoms with Gasteiger partial charge in [-0.2, -0.15) is 0 Å². The monoisotopic (exact) mass is 217 g/mol. The van der Waals surface area contributed by atoms with E-state index >= 15 is 0 Å². The number of rotatable bonds is 1. The number of hydrogen-bond acceptors (Lipinski definition) is 3. The number of carbonyl (C=O) groups excluding carboxylic acids is 1. The van der Waals surface area contributed by atoms with Crippen LogP contribution < -0.4 is 5.32 Å². The molecule has 1 aromatic rings. The predicted molar refractivity (Wildman–Crippen MR) is 51.2 cm³/mol. The molecule has 0 unspecified atom stereocenters. The lowest BCUT2D eigenvalue weighted by molar-refractivity contribution is 0.116. The number of cyclic esters (lactones) is 1. The number of ether oxygens (including phenoxy) is 1. The van der Waals surface area contributed by atoms with Gasteiger partial charge in [0, 0.05) is 11.3 Å². The maximum Gasteiger partial charge on any atom is 0.407 e. The second-order valence-electron chi connectivity index (χ2n) is 2.75. The van der Waals surface area contributed by atoms with Crippen LogP contribution in [0.4, 0.5) is 4.79 Å². The number of thiophene rings is 1. The van der Waals surface area contributed by atoms with E-state index in [0.29, 0.717) is 6.61 Å². The van der Waals surface area contributed by atoms with Crippen molar-refractivity contribution < 1.29 is 9.53 Å². The highest BCUT2D eigenvalue weighted by atomic mass is 35.5. The minimum atomic E-state index is -0.360. The number of amides is 1. The van der Waals surface area contributed by atoms with Gasteiger partial charge >= 0.3 is 6.09 Å². The summed E-state index contributed by atoms with van der Waals surface area (Å²) < 4.78 is 4.76. The van der Waals surface area contributed by atoms with Crippen molar-refractivity contribution in [3.8, 4) is 0 Å². The van der Waals surface area contributed by atoms with Gasteiger partial charge in [0.25, 0.3) is 0 Å². The van der Waals surface area contributed by atoms with Crippen molar-refractivity contribution in [1.29, 1.82) is 0 Å². The molecule has 2 rings (SSSR count). The van der Waals surface area contributed by atoms with E-state index in [4.69, 9.17) is 16.3 Å². The molecule has 0 bridgehead atoms. The Morgan fingerprint density at radius 3 is 3.15 bits per heavy atom. The van der Waals surface area contributed by atoms with E-state index in [1.54, 1.807) is 11.3 Å². The topological polar surface area (TPSA) is 38.3 Å². The highest BCUT2D eigenvalue weighted by molar-refractivity contribution is 7.10. The normalized spacial score (nSPS) is 22.2. The van der Waals surface area contributed by atoms with Crippen LogP contribution in [-0.4, -0.2) is 12.7 Å². The number of hydrogen-bond donors (Lipinski definition) is 1. The molecule has 2 heterocycles. The Balaban J connectivity index is 2.17. The van der Waals surface area contributed by atoms with Gasteiger partial charge in [-0.3, -0.25) is 0 Å². The third-order valence-electron chi connectivity index (χ3n) is 1.89. The lowest BCUT2D eigenvalue weighted by Crippen LogP contribution is -2.34. The molecular weight excluding hydrogens is 210 g/mol. The Morgan fingerprint density at radius 2 is 2.54 bits per heavy atom. The summed E-state index contributed by atoms with van der Waals surface area (Å²) in [5.74, 6) is 0. The van der Waals surface area contributed by atoms with E-state index in [9.17, 15) is 4.79 Å². The minimum Gasteiger partial charge on any atom is -0.449 e. The van der Waals surface area contributed by atoms with Crippen LogP contribution in [0.3, 0.4) is 0 Å². The van der Waals surface area contributed by atoms with Gasteiger partial charge in [0.05, 0.1) is 17.7 Å². The number of alkyl carbamates (subject to hydrolysis) is 1. The first-order valence-corrected chi connectivity index (χ1v) is 5.19. The zero-order valence-electron chi connectivity index (χ0n) is 6.75. The molecule has 13 heavy (non-hydrogen) atoms. The van der Waals surface area contributed by atoms with Crippen molar-refractivity contribution in [3.05, 3.63) is 21.3 Å². The van der Waals surface area contributed by atoms with Crippen LogP contribution >= 0.6 is 22.9 Å². The SMILES string of the molecule is O=C1N[C@H](c2sccc2Cl)CCO1. The molecule has 1 aromatic heterocycles. The summed E-state index contributed by atoms with van der Waals surface area (Å²) in [7, 11) is 0. The Morgan fingerprint density at radius 1 is 1.69 bits per heavy atom. The van der Waals surface area contributed by atoms with Crippen molar-refractivity contribution in [2.24, 2.45) is 0 Å². The van der Waals surface area contributed by atoms with E-state index in [1.165, 1.54) is 0 Å². The summed E-state index contributed by atoms with van der Waals surface area (Å²) in [6.07, 6.45) is 0.423. The second kappa shape index (κ2) is 3.55. The molecule has 0 radical (unpaired) electrons. The van der Waals surface area contributed by atoms with E-state index in [0.717, 1.165) is 16.3 Å². The highest BCUT2D eigenvalue weighted by Gasteiger charge is 2.23. The zero-order chi connectivity index (χ0) is 9.26. The van der Waals surface area contributed by atoms with Crippen molar-refractivity contribution in [2.75, 3.05) is 6.61 Å². The van der Waals surface area contributed by atoms with Gasteiger partial charge in [0.2, 0.25) is 0 Å². The van der Waals surface area contributed by atoms with Gasteiger partial charge in [-0.05, 0) is 11.4 Å². The molecule has 1 aliphatic rings. The summed E-state index contributed by atoms with van der Waals surface area (Å²) in [5, 5.41) is 5.36. The lowest BCUT2D eigenvalue weighted by Gasteiger charge is -2.22. The van der Waals surface area contributed by atoms with Gasteiger partial charge in [0.1, 0.15) is 0 Å². The Bertz CT molecular complexity index is 326. The molecule has 0 spiro atoms. The summed E-state index contributed by atoms with van der Waals surface area (Å²) in [4.78, 5) is 11.9. The Hall–Kier alpha value is -0.740. The quantitative estimate of drug-likeness (QED) is 0.785. The molecule has 1 fully saturated rings. The van der Waals surface area contributed by atoms with Crippen LogP contribution in [0.25, 0.3) is 0 Å². The smallest absolute Gasteiger partial charge is 0.407 e. The molecule has 1 saturated heterocycles. The minimum absolute atomic E-state index is 0.0220. The number of halogens is 1. The third kappa shape index (κ3) is 1.78. The van der Waals surface area contributed by atoms with E-state index < -0.39 is 0 Å². The summed E-state index contributed by atoms with van der Waals surface area (Å²) in [5.41, 5.74) is 0. The van der Waals surface area contributed by atoms with Gasteiger partial charge < -0.3 is 10.1 Å². The average Bonchev–Trinajstić information content (AvgIpc) is 2.51. The molecular formula is C8H8ClNO2S. The Kier molecular flexibility index (Phi) is 2.42. The molecule has 5 heteroatoms. The maximum atomic E-state index is 10.9. The molecule has 3 nitrogen and oxygen atoms in total. The maximum absolute atomic E-state index is 10.9. The van der Waals surface area contributed by atoms with Crippen LogP contribution in [0.5, 0.6) is 0 Å². The van der Waals surface area contributed by atoms with Gasteiger partial charge in [-0.25, -0.2) is 4.79 Å². The molecule has 1 N–H and O–H groups in total. The standard InChI is InChI=1S/C8H8ClNO2S/c9-5-2-4-13-7(5)6-1-3-12-8(11)10-6/h2,4,6H,1,3H2,(H,10,11)/t6-/m0/s1. The fraction of sp³-hybridized carbons (Fsp3) is 0.375. The van der Waals surface area contributed by atoms with Crippen molar-refractivity contribution in [1.82, 2.24) is 5.32 Å². The van der Waals surface area contributed by atoms with Crippen molar-refractivity contribution >= 4 is 29.0 Å². The average molecular weight is 218 g/mol. The summed E-state index contributed by atoms with van der Waals surface area (Å²) in [6, 6.07) is 1.86. The lowest BCUT2D eigenvalue weighted by atomic mass is 10.1. The third-order valence-corrected chi connectivity index (χ3v) is 3.37. The summed E-state index contributed by atoms with van der Waals surface area (Å²) in [6.45, 7) is 0.463. The molecule has 0 aromatic carbocycles. The van der Waals surface area contributed by atoms with Gasteiger partial charge in [-0.15, -0.1) is 11.3 Å². The molecule has 70 valence electrons. The van der Waals surface area contributed by atoms with Crippen LogP contribution in [0.15, 0.2) is 11.4 Å². The van der Waals surface area contributed by atoms with E-state index in [2.05, 4.69) is 5.32 Å². The molecule has 1 amide bonds. The Labute approximate surface area is 84.7 Å². The number of nitrogens with one attached hydrogen (secondary N) is 1. The van der Waals surface area contributed by atoms with Crippen LogP contribution in [0.2, 0.25) is 5.02 Å². The predicted octanol–water partition coefficient (Wildman–Crippen LogP) is 2.57. The van der Waals surface area contributed by atoms with Crippen LogP contribution in [0, 0.1) is 0 Å². The van der Waals surface area contributed by atoms with Crippen LogP contribution in [0.1, 0.15) is 17.3 Å². The molecule has 1 aliphatic heterocycles. The first-order chi connectivity index (χ1) is 6.27. The van der Waals surface area contributed by atoms with Crippen molar-refractivity contribution in [3.63, 3.8) is 0 Å². The second-order valence-corrected chi connectivity index (χ2v) is 4.11. The summed E-state index contributed by atoms with van der Waals surface area (Å²) >= 11 is 7.50. The fourth-order valence-electron chi connectivity index (χ4n) is 1.28. The van der Waals surface area contributed by atoms with Crippen LogP contribution in [-0.2, 0) is 4.74 Å². The highest BCUT2D eigenvalue weighted by Crippen LogP contribution is 2.31. The first-order valence-electron chi connectivity index (χ1n) is 3.93. The molecule has 0 saturated carbocycles. The van der Waals surface area contributed by atoms with E-state index in [1.807, 2.05) is 11.4 Å². The van der Waals surface area contributed by atoms with Gasteiger partial charge in [0.15, 0.2) is 0 Å². The van der Waals surface area contributed by atoms with Crippen molar-refractivity contribution in [2.45, 2.75) is 12.5 Å².